The van der Waals surface area contributed by atoms with Crippen LogP contribution in [-0.2, 0) is 5.41 Å². The Kier molecular flexibility index (Phi) is 2.92. The monoisotopic (exact) mass is 229 g/mol. The van der Waals surface area contributed by atoms with Crippen LogP contribution in [0.1, 0.15) is 26.5 Å². The predicted octanol–water partition coefficient (Wildman–Crippen LogP) is 3.42. The molecule has 0 bridgehead atoms. The van der Waals surface area contributed by atoms with Crippen molar-refractivity contribution in [3.05, 3.63) is 36.2 Å². The van der Waals surface area contributed by atoms with Gasteiger partial charge in [0.2, 0.25) is 0 Å². The first-order valence-electron chi connectivity index (χ1n) is 5.84. The molecule has 1 heterocycles. The molecule has 0 unspecified atom stereocenters. The Morgan fingerprint density at radius 3 is 2.24 bits per heavy atom. The van der Waals surface area contributed by atoms with E-state index in [0.717, 1.165) is 22.8 Å². The lowest BCUT2D eigenvalue weighted by molar-refractivity contribution is 0.573. The SMILES string of the molecule is CNc1ccc(-c2ncc(C(C)(C)C)[nH]2)cc1. The van der Waals surface area contributed by atoms with Crippen LogP contribution >= 0.6 is 0 Å². The third-order valence-electron chi connectivity index (χ3n) is 2.83. The molecule has 1 aromatic heterocycles. The molecule has 3 heteroatoms. The lowest BCUT2D eigenvalue weighted by Crippen LogP contribution is -2.11. The van der Waals surface area contributed by atoms with E-state index < -0.39 is 0 Å². The molecule has 17 heavy (non-hydrogen) atoms. The number of aromatic amines is 1. The van der Waals surface area contributed by atoms with Crippen LogP contribution < -0.4 is 5.32 Å². The molecule has 0 aliphatic heterocycles. The Morgan fingerprint density at radius 2 is 1.76 bits per heavy atom. The minimum absolute atomic E-state index is 0.107. The predicted molar refractivity (Wildman–Crippen MR) is 72.3 cm³/mol. The Bertz CT molecular complexity index is 489. The molecule has 0 radical (unpaired) electrons. The van der Waals surface area contributed by atoms with Crippen molar-refractivity contribution in [1.82, 2.24) is 9.97 Å². The van der Waals surface area contributed by atoms with Gasteiger partial charge in [-0.25, -0.2) is 4.98 Å². The molecule has 0 aliphatic carbocycles. The van der Waals surface area contributed by atoms with Gasteiger partial charge >= 0.3 is 0 Å². The molecule has 0 fully saturated rings. The van der Waals surface area contributed by atoms with Crippen LogP contribution in [0.25, 0.3) is 11.4 Å². The van der Waals surface area contributed by atoms with Gasteiger partial charge in [-0.05, 0) is 24.3 Å². The van der Waals surface area contributed by atoms with E-state index in [1.165, 1.54) is 0 Å². The van der Waals surface area contributed by atoms with Crippen molar-refractivity contribution < 1.29 is 0 Å². The summed E-state index contributed by atoms with van der Waals surface area (Å²) in [7, 11) is 1.92. The maximum atomic E-state index is 4.43. The fourth-order valence-electron chi connectivity index (χ4n) is 1.64. The molecule has 0 saturated heterocycles. The number of imidazole rings is 1. The summed E-state index contributed by atoms with van der Waals surface area (Å²) >= 11 is 0. The molecule has 0 saturated carbocycles. The molecule has 90 valence electrons. The van der Waals surface area contributed by atoms with E-state index in [-0.39, 0.29) is 5.41 Å². The van der Waals surface area contributed by atoms with Crippen LogP contribution in [0.2, 0.25) is 0 Å². The summed E-state index contributed by atoms with van der Waals surface area (Å²) in [6.07, 6.45) is 1.92. The lowest BCUT2D eigenvalue weighted by Gasteiger charge is -2.15. The summed E-state index contributed by atoms with van der Waals surface area (Å²) < 4.78 is 0. The average molecular weight is 229 g/mol. The fourth-order valence-corrected chi connectivity index (χ4v) is 1.64. The van der Waals surface area contributed by atoms with Crippen molar-refractivity contribution in [3.63, 3.8) is 0 Å². The van der Waals surface area contributed by atoms with Crippen LogP contribution in [-0.4, -0.2) is 17.0 Å². The van der Waals surface area contributed by atoms with Gasteiger partial charge in [-0.15, -0.1) is 0 Å². The van der Waals surface area contributed by atoms with Crippen molar-refractivity contribution in [2.24, 2.45) is 0 Å². The van der Waals surface area contributed by atoms with E-state index in [2.05, 4.69) is 60.3 Å². The fraction of sp³-hybridized carbons (Fsp3) is 0.357. The maximum Gasteiger partial charge on any atom is 0.137 e. The normalized spacial score (nSPS) is 11.5. The minimum atomic E-state index is 0.107. The van der Waals surface area contributed by atoms with E-state index in [1.54, 1.807) is 0 Å². The summed E-state index contributed by atoms with van der Waals surface area (Å²) in [5, 5.41) is 3.10. The molecule has 0 aliphatic rings. The summed E-state index contributed by atoms with van der Waals surface area (Å²) in [5.41, 5.74) is 3.48. The van der Waals surface area contributed by atoms with Crippen molar-refractivity contribution >= 4 is 5.69 Å². The summed E-state index contributed by atoms with van der Waals surface area (Å²) in [5.74, 6) is 0.928. The average Bonchev–Trinajstić information content (AvgIpc) is 2.78. The highest BCUT2D eigenvalue weighted by Gasteiger charge is 2.16. The zero-order chi connectivity index (χ0) is 12.5. The molecular weight excluding hydrogens is 210 g/mol. The number of nitrogens with zero attached hydrogens (tertiary/aromatic N) is 1. The van der Waals surface area contributed by atoms with Gasteiger partial charge < -0.3 is 10.3 Å². The van der Waals surface area contributed by atoms with E-state index in [0.29, 0.717) is 0 Å². The summed E-state index contributed by atoms with van der Waals surface area (Å²) in [6.45, 7) is 6.52. The number of hydrogen-bond donors (Lipinski definition) is 2. The topological polar surface area (TPSA) is 40.7 Å². The molecule has 1 aromatic carbocycles. The highest BCUT2D eigenvalue weighted by Crippen LogP contribution is 2.24. The van der Waals surface area contributed by atoms with Crippen LogP contribution in [0.3, 0.4) is 0 Å². The zero-order valence-corrected chi connectivity index (χ0v) is 10.8. The zero-order valence-electron chi connectivity index (χ0n) is 10.8. The van der Waals surface area contributed by atoms with Crippen LogP contribution in [0.15, 0.2) is 30.5 Å². The van der Waals surface area contributed by atoms with Gasteiger partial charge in [0, 0.05) is 35.6 Å². The van der Waals surface area contributed by atoms with E-state index in [1.807, 2.05) is 13.2 Å². The number of rotatable bonds is 2. The number of nitrogens with one attached hydrogen (secondary N) is 2. The summed E-state index contributed by atoms with van der Waals surface area (Å²) in [6, 6.07) is 8.23. The van der Waals surface area contributed by atoms with Crippen molar-refractivity contribution in [1.29, 1.82) is 0 Å². The van der Waals surface area contributed by atoms with E-state index >= 15 is 0 Å². The van der Waals surface area contributed by atoms with Gasteiger partial charge in [-0.3, -0.25) is 0 Å². The number of benzene rings is 1. The minimum Gasteiger partial charge on any atom is -0.388 e. The molecule has 0 amide bonds. The Morgan fingerprint density at radius 1 is 1.12 bits per heavy atom. The van der Waals surface area contributed by atoms with Crippen molar-refractivity contribution in [2.75, 3.05) is 12.4 Å². The van der Waals surface area contributed by atoms with Crippen LogP contribution in [0.5, 0.6) is 0 Å². The lowest BCUT2D eigenvalue weighted by atomic mass is 9.93. The molecule has 2 aromatic rings. The number of aromatic nitrogens is 2. The van der Waals surface area contributed by atoms with Gasteiger partial charge in [0.05, 0.1) is 0 Å². The Labute approximate surface area is 102 Å². The molecule has 2 rings (SSSR count). The second-order valence-electron chi connectivity index (χ2n) is 5.22. The van der Waals surface area contributed by atoms with E-state index in [4.69, 9.17) is 0 Å². The first-order chi connectivity index (χ1) is 8.00. The molecule has 2 N–H and O–H groups in total. The van der Waals surface area contributed by atoms with Gasteiger partial charge in [-0.1, -0.05) is 20.8 Å². The maximum absolute atomic E-state index is 4.43. The van der Waals surface area contributed by atoms with Gasteiger partial charge in [0.25, 0.3) is 0 Å². The van der Waals surface area contributed by atoms with Crippen molar-refractivity contribution in [3.8, 4) is 11.4 Å². The highest BCUT2D eigenvalue weighted by atomic mass is 14.9. The second-order valence-corrected chi connectivity index (χ2v) is 5.22. The quantitative estimate of drug-likeness (QED) is 0.828. The summed E-state index contributed by atoms with van der Waals surface area (Å²) in [4.78, 5) is 7.81. The number of H-pyrrole nitrogens is 1. The molecular formula is C14H19N3. The molecule has 0 atom stereocenters. The third-order valence-corrected chi connectivity index (χ3v) is 2.83. The van der Waals surface area contributed by atoms with Gasteiger partial charge in [-0.2, -0.15) is 0 Å². The largest absolute Gasteiger partial charge is 0.388 e. The second kappa shape index (κ2) is 4.24. The third kappa shape index (κ3) is 2.49. The molecule has 0 spiro atoms. The highest BCUT2D eigenvalue weighted by molar-refractivity contribution is 5.59. The van der Waals surface area contributed by atoms with Crippen LogP contribution in [0, 0.1) is 0 Å². The van der Waals surface area contributed by atoms with E-state index in [9.17, 15) is 0 Å². The van der Waals surface area contributed by atoms with Gasteiger partial charge in [0.15, 0.2) is 0 Å². The Hall–Kier alpha value is -1.77. The number of hydrogen-bond acceptors (Lipinski definition) is 2. The van der Waals surface area contributed by atoms with Crippen LogP contribution in [0.4, 0.5) is 5.69 Å². The molecule has 3 nitrogen and oxygen atoms in total. The Balaban J connectivity index is 2.30. The smallest absolute Gasteiger partial charge is 0.137 e. The standard InChI is InChI=1S/C14H19N3/c1-14(2,3)12-9-16-13(17-12)10-5-7-11(15-4)8-6-10/h5-9,15H,1-4H3,(H,16,17). The first-order valence-corrected chi connectivity index (χ1v) is 5.84. The number of anilines is 1. The first kappa shape index (κ1) is 11.7. The van der Waals surface area contributed by atoms with Gasteiger partial charge in [0.1, 0.15) is 5.82 Å². The van der Waals surface area contributed by atoms with Crippen molar-refractivity contribution in [2.45, 2.75) is 26.2 Å².